The highest BCUT2D eigenvalue weighted by atomic mass is 19.4. The lowest BCUT2D eigenvalue weighted by Gasteiger charge is -2.14. The predicted octanol–water partition coefficient (Wildman–Crippen LogP) is 3.07. The zero-order valence-corrected chi connectivity index (χ0v) is 15.5. The fourth-order valence-electron chi connectivity index (χ4n) is 3.22. The molecule has 0 aliphatic carbocycles. The maximum atomic E-state index is 13.1. The maximum Gasteiger partial charge on any atom is 0.416 e. The van der Waals surface area contributed by atoms with Crippen molar-refractivity contribution in [1.29, 1.82) is 0 Å². The number of halogens is 3. The number of hydrogen-bond donors (Lipinski definition) is 0. The summed E-state index contributed by atoms with van der Waals surface area (Å²) in [5, 5.41) is 0. The second-order valence-corrected chi connectivity index (χ2v) is 6.65. The first-order chi connectivity index (χ1) is 14.3. The molecule has 0 saturated carbocycles. The Hall–Kier alpha value is -3.75. The molecule has 4 aromatic rings. The fraction of sp³-hybridized carbons (Fsp3) is 0.143. The molecular formula is C21H15F3N4O2. The topological polar surface area (TPSA) is 69.8 Å². The summed E-state index contributed by atoms with van der Waals surface area (Å²) in [6, 6.07) is 13.0. The molecule has 0 radical (unpaired) electrons. The van der Waals surface area contributed by atoms with Crippen LogP contribution in [-0.4, -0.2) is 19.1 Å². The van der Waals surface area contributed by atoms with Crippen LogP contribution in [0.2, 0.25) is 0 Å². The third-order valence-electron chi connectivity index (χ3n) is 4.63. The first-order valence-electron chi connectivity index (χ1n) is 8.99. The number of aromatic nitrogens is 4. The van der Waals surface area contributed by atoms with Gasteiger partial charge in [-0.1, -0.05) is 18.2 Å². The van der Waals surface area contributed by atoms with E-state index < -0.39 is 23.0 Å². The van der Waals surface area contributed by atoms with E-state index in [1.54, 1.807) is 36.5 Å². The van der Waals surface area contributed by atoms with Gasteiger partial charge in [-0.15, -0.1) is 0 Å². The number of fused-ring (bicyclic) bond motifs is 1. The van der Waals surface area contributed by atoms with Crippen molar-refractivity contribution in [2.24, 2.45) is 0 Å². The van der Waals surface area contributed by atoms with Crippen molar-refractivity contribution in [3.8, 4) is 0 Å². The molecule has 0 bridgehead atoms. The highest BCUT2D eigenvalue weighted by Gasteiger charge is 2.30. The molecule has 1 aromatic carbocycles. The summed E-state index contributed by atoms with van der Waals surface area (Å²) in [7, 11) is 0. The van der Waals surface area contributed by atoms with Crippen molar-refractivity contribution >= 4 is 11.0 Å². The molecule has 152 valence electrons. The summed E-state index contributed by atoms with van der Waals surface area (Å²) < 4.78 is 41.4. The van der Waals surface area contributed by atoms with Gasteiger partial charge in [-0.05, 0) is 42.0 Å². The molecule has 0 amide bonds. The van der Waals surface area contributed by atoms with Crippen molar-refractivity contribution in [1.82, 2.24) is 19.1 Å². The predicted molar refractivity (Wildman–Crippen MR) is 104 cm³/mol. The minimum absolute atomic E-state index is 0.0556. The van der Waals surface area contributed by atoms with Crippen molar-refractivity contribution in [3.63, 3.8) is 0 Å². The maximum absolute atomic E-state index is 13.1. The molecule has 0 saturated heterocycles. The SMILES string of the molecule is O=c1c2ncccc2n(Cc2cccc(C(F)(F)F)c2)c(=O)n1Cc1ccccn1. The van der Waals surface area contributed by atoms with E-state index in [0.29, 0.717) is 5.69 Å². The van der Waals surface area contributed by atoms with E-state index in [1.165, 1.54) is 22.9 Å². The molecule has 9 heteroatoms. The average Bonchev–Trinajstić information content (AvgIpc) is 2.74. The van der Waals surface area contributed by atoms with Crippen molar-refractivity contribution < 1.29 is 13.2 Å². The number of nitrogens with zero attached hydrogens (tertiary/aromatic N) is 4. The van der Waals surface area contributed by atoms with Crippen LogP contribution in [0.1, 0.15) is 16.8 Å². The molecule has 0 fully saturated rings. The lowest BCUT2D eigenvalue weighted by Crippen LogP contribution is -2.41. The third kappa shape index (κ3) is 3.73. The number of pyridine rings is 2. The van der Waals surface area contributed by atoms with Gasteiger partial charge in [0.1, 0.15) is 0 Å². The number of benzene rings is 1. The molecule has 3 heterocycles. The van der Waals surface area contributed by atoms with E-state index in [9.17, 15) is 22.8 Å². The minimum atomic E-state index is -4.50. The first kappa shape index (κ1) is 19.6. The zero-order valence-electron chi connectivity index (χ0n) is 15.5. The zero-order chi connectivity index (χ0) is 21.3. The molecule has 0 unspecified atom stereocenters. The average molecular weight is 412 g/mol. The number of rotatable bonds is 4. The van der Waals surface area contributed by atoms with Crippen molar-refractivity contribution in [3.05, 3.63) is 105 Å². The second-order valence-electron chi connectivity index (χ2n) is 6.65. The third-order valence-corrected chi connectivity index (χ3v) is 4.63. The molecule has 4 rings (SSSR count). The molecule has 0 aliphatic rings. The van der Waals surface area contributed by atoms with Crippen LogP contribution in [0.3, 0.4) is 0 Å². The van der Waals surface area contributed by atoms with Gasteiger partial charge in [-0.3, -0.25) is 18.9 Å². The van der Waals surface area contributed by atoms with Crippen molar-refractivity contribution in [2.45, 2.75) is 19.3 Å². The molecule has 0 N–H and O–H groups in total. The summed E-state index contributed by atoms with van der Waals surface area (Å²) in [6.07, 6.45) is -1.53. The Morgan fingerprint density at radius 1 is 0.833 bits per heavy atom. The molecular weight excluding hydrogens is 397 g/mol. The van der Waals surface area contributed by atoms with Crippen LogP contribution in [0.15, 0.2) is 76.6 Å². The Labute approximate surface area is 167 Å². The molecule has 30 heavy (non-hydrogen) atoms. The summed E-state index contributed by atoms with van der Waals surface area (Å²) in [5.41, 5.74) is -0.956. The number of alkyl halides is 3. The van der Waals surface area contributed by atoms with E-state index in [-0.39, 0.29) is 29.7 Å². The quantitative estimate of drug-likeness (QED) is 0.517. The highest BCUT2D eigenvalue weighted by Crippen LogP contribution is 2.29. The van der Waals surface area contributed by atoms with Gasteiger partial charge in [-0.2, -0.15) is 13.2 Å². The second kappa shape index (κ2) is 7.58. The van der Waals surface area contributed by atoms with Crippen LogP contribution in [0.4, 0.5) is 13.2 Å². The van der Waals surface area contributed by atoms with Gasteiger partial charge in [0.2, 0.25) is 0 Å². The van der Waals surface area contributed by atoms with Gasteiger partial charge in [0, 0.05) is 12.4 Å². The van der Waals surface area contributed by atoms with E-state index in [0.717, 1.165) is 16.7 Å². The van der Waals surface area contributed by atoms with Gasteiger partial charge in [0.05, 0.1) is 29.9 Å². The summed E-state index contributed by atoms with van der Waals surface area (Å²) in [4.78, 5) is 34.2. The van der Waals surface area contributed by atoms with Gasteiger partial charge in [-0.25, -0.2) is 9.78 Å². The van der Waals surface area contributed by atoms with Crippen LogP contribution < -0.4 is 11.2 Å². The van der Waals surface area contributed by atoms with Crippen LogP contribution in [0.25, 0.3) is 11.0 Å². The van der Waals surface area contributed by atoms with Crippen LogP contribution in [0.5, 0.6) is 0 Å². The molecule has 3 aromatic heterocycles. The number of hydrogen-bond acceptors (Lipinski definition) is 4. The van der Waals surface area contributed by atoms with Gasteiger partial charge in [0.15, 0.2) is 5.52 Å². The standard InChI is InChI=1S/C21H15F3N4O2/c22-21(23,24)15-6-3-5-14(11-15)12-27-17-8-4-10-26-18(17)19(29)28(20(27)30)13-16-7-1-2-9-25-16/h1-11H,12-13H2. The van der Waals surface area contributed by atoms with Crippen molar-refractivity contribution in [2.75, 3.05) is 0 Å². The van der Waals surface area contributed by atoms with E-state index in [1.807, 2.05) is 0 Å². The normalized spacial score (nSPS) is 11.7. The molecule has 0 aliphatic heterocycles. The van der Waals surface area contributed by atoms with Gasteiger partial charge in [0.25, 0.3) is 5.56 Å². The van der Waals surface area contributed by atoms with Crippen LogP contribution in [-0.2, 0) is 19.3 Å². The van der Waals surface area contributed by atoms with Crippen LogP contribution in [0, 0.1) is 0 Å². The van der Waals surface area contributed by atoms with Gasteiger partial charge >= 0.3 is 11.9 Å². The summed E-state index contributed by atoms with van der Waals surface area (Å²) in [6.45, 7) is -0.221. The monoisotopic (exact) mass is 412 g/mol. The molecule has 0 atom stereocenters. The smallest absolute Gasteiger partial charge is 0.287 e. The summed E-state index contributed by atoms with van der Waals surface area (Å²) in [5.74, 6) is 0. The lowest BCUT2D eigenvalue weighted by molar-refractivity contribution is -0.137. The Morgan fingerprint density at radius 2 is 1.63 bits per heavy atom. The minimum Gasteiger partial charge on any atom is -0.287 e. The first-order valence-corrected chi connectivity index (χ1v) is 8.99. The Bertz CT molecular complexity index is 1330. The van der Waals surface area contributed by atoms with Gasteiger partial charge < -0.3 is 0 Å². The van der Waals surface area contributed by atoms with E-state index >= 15 is 0 Å². The van der Waals surface area contributed by atoms with Crippen LogP contribution >= 0.6 is 0 Å². The van der Waals surface area contributed by atoms with E-state index in [2.05, 4.69) is 9.97 Å². The lowest BCUT2D eigenvalue weighted by atomic mass is 10.1. The Kier molecular flexibility index (Phi) is 4.94. The largest absolute Gasteiger partial charge is 0.416 e. The molecule has 6 nitrogen and oxygen atoms in total. The van der Waals surface area contributed by atoms with E-state index in [4.69, 9.17) is 0 Å². The Balaban J connectivity index is 1.87. The summed E-state index contributed by atoms with van der Waals surface area (Å²) >= 11 is 0. The highest BCUT2D eigenvalue weighted by molar-refractivity contribution is 5.73. The Morgan fingerprint density at radius 3 is 2.37 bits per heavy atom. The fourth-order valence-corrected chi connectivity index (χ4v) is 3.22. The molecule has 0 spiro atoms.